The summed E-state index contributed by atoms with van der Waals surface area (Å²) in [5.74, 6) is 0. The van der Waals surface area contributed by atoms with E-state index in [1.54, 1.807) is 7.11 Å². The average molecular weight is 499 g/mol. The van der Waals surface area contributed by atoms with Crippen molar-refractivity contribution in [1.82, 2.24) is 0 Å². The van der Waals surface area contributed by atoms with Crippen LogP contribution in [0.3, 0.4) is 0 Å². The van der Waals surface area contributed by atoms with Crippen molar-refractivity contribution in [3.05, 3.63) is 0 Å². The highest BCUT2D eigenvalue weighted by Gasteiger charge is 2.47. The summed E-state index contributed by atoms with van der Waals surface area (Å²) in [5, 5.41) is 0. The Morgan fingerprint density at radius 2 is 1.43 bits per heavy atom. The Morgan fingerprint density at radius 1 is 0.893 bits per heavy atom. The highest BCUT2D eigenvalue weighted by molar-refractivity contribution is 6.93. The van der Waals surface area contributed by atoms with Crippen LogP contribution >= 0.6 is 0 Å². The predicted octanol–water partition coefficient (Wildman–Crippen LogP) is 4.74. The van der Waals surface area contributed by atoms with E-state index < -0.39 is 51.4 Å². The van der Waals surface area contributed by atoms with E-state index in [0.717, 1.165) is 17.8 Å². The molecule has 0 aromatic heterocycles. The lowest BCUT2D eigenvalue weighted by Crippen LogP contribution is -2.61. The highest BCUT2D eigenvalue weighted by Crippen LogP contribution is 2.31. The van der Waals surface area contributed by atoms with Gasteiger partial charge in [0.2, 0.25) is 25.7 Å². The van der Waals surface area contributed by atoms with E-state index in [9.17, 15) is 4.80 Å². The zero-order chi connectivity index (χ0) is 22.4. The fourth-order valence-electron chi connectivity index (χ4n) is 3.48. The monoisotopic (exact) mass is 498 g/mol. The van der Waals surface area contributed by atoms with Crippen molar-refractivity contribution >= 4 is 51.4 Å². The van der Waals surface area contributed by atoms with Gasteiger partial charge in [0, 0.05) is 15.9 Å². The Morgan fingerprint density at radius 3 is 1.82 bits per heavy atom. The van der Waals surface area contributed by atoms with Gasteiger partial charge in [0.15, 0.2) is 8.32 Å². The summed E-state index contributed by atoms with van der Waals surface area (Å²) in [6.07, 6.45) is 0.708. The zero-order valence-corrected chi connectivity index (χ0v) is 26.5. The van der Waals surface area contributed by atoms with Gasteiger partial charge in [-0.15, -0.1) is 0 Å². The molecule has 0 aromatic carbocycles. The number of methoxy groups -OCH3 is 1. The first-order chi connectivity index (χ1) is 12.4. The third kappa shape index (κ3) is 12.1. The molecule has 2 radical (unpaired) electrons. The molecule has 5 nitrogen and oxygen atoms in total. The lowest BCUT2D eigenvalue weighted by Gasteiger charge is -2.44. The van der Waals surface area contributed by atoms with Gasteiger partial charge >= 0.3 is 8.56 Å². The summed E-state index contributed by atoms with van der Waals surface area (Å²) in [6, 6.07) is 1.67. The third-order valence-corrected chi connectivity index (χ3v) is 25.2. The van der Waals surface area contributed by atoms with E-state index >= 15 is 0 Å². The van der Waals surface area contributed by atoms with E-state index in [1.165, 1.54) is 0 Å². The van der Waals surface area contributed by atoms with Gasteiger partial charge in [-0.25, -0.2) is 0 Å². The first-order valence-electron chi connectivity index (χ1n) is 10.3. The molecular formula is C17H46O5Si6. The largest absolute Gasteiger partial charge is 0.434 e. The average Bonchev–Trinajstić information content (AvgIpc) is 2.42. The molecule has 0 bridgehead atoms. The molecule has 3 unspecified atom stereocenters. The Kier molecular flexibility index (Phi) is 12.1. The van der Waals surface area contributed by atoms with Crippen molar-refractivity contribution < 1.29 is 22.2 Å². The lowest BCUT2D eigenvalue weighted by atomic mass is 10.9. The second-order valence-corrected chi connectivity index (χ2v) is 31.8. The lowest BCUT2D eigenvalue weighted by molar-refractivity contribution is 0.224. The summed E-state index contributed by atoms with van der Waals surface area (Å²) in [5.41, 5.74) is 1.29. The van der Waals surface area contributed by atoms with Crippen molar-refractivity contribution in [2.45, 2.75) is 95.9 Å². The minimum Gasteiger partial charge on any atom is -0.434 e. The smallest absolute Gasteiger partial charge is 0.314 e. The van der Waals surface area contributed by atoms with Gasteiger partial charge in [0.25, 0.3) is 0 Å². The van der Waals surface area contributed by atoms with Gasteiger partial charge in [0.1, 0.15) is 0 Å². The van der Waals surface area contributed by atoms with Crippen LogP contribution < -0.4 is 0 Å². The van der Waals surface area contributed by atoms with Crippen LogP contribution in [-0.4, -0.2) is 75.2 Å². The molecule has 0 aromatic rings. The molecule has 0 aliphatic heterocycles. The Balaban J connectivity index is 5.67. The maximum absolute atomic E-state index is 10.5. The molecule has 0 aliphatic carbocycles. The Labute approximate surface area is 182 Å². The molecule has 0 saturated heterocycles. The summed E-state index contributed by atoms with van der Waals surface area (Å²) >= 11 is 0. The van der Waals surface area contributed by atoms with Gasteiger partial charge < -0.3 is 22.2 Å². The van der Waals surface area contributed by atoms with Crippen LogP contribution in [0.25, 0.3) is 0 Å². The van der Waals surface area contributed by atoms with Crippen molar-refractivity contribution in [2.75, 3.05) is 13.3 Å². The maximum atomic E-state index is 10.5. The van der Waals surface area contributed by atoms with Gasteiger partial charge in [-0.2, -0.15) is 0 Å². The number of hydrogen-bond acceptors (Lipinski definition) is 5. The van der Waals surface area contributed by atoms with Crippen LogP contribution in [0.2, 0.25) is 83.2 Å². The summed E-state index contributed by atoms with van der Waals surface area (Å²) < 4.78 is 25.8. The van der Waals surface area contributed by atoms with Crippen LogP contribution in [0.4, 0.5) is 0 Å². The molecular weight excluding hydrogens is 453 g/mol. The van der Waals surface area contributed by atoms with E-state index in [2.05, 4.69) is 59.3 Å². The van der Waals surface area contributed by atoms with Crippen molar-refractivity contribution in [3.8, 4) is 0 Å². The fraction of sp³-hybridized carbons (Fsp3) is 1.00. The first-order valence-corrected chi connectivity index (χ1v) is 26.9. The molecule has 1 N–H and O–H groups in total. The quantitative estimate of drug-likeness (QED) is 0.350. The van der Waals surface area contributed by atoms with Crippen molar-refractivity contribution in [1.29, 1.82) is 0 Å². The molecule has 28 heavy (non-hydrogen) atoms. The molecule has 0 aliphatic rings. The fourth-order valence-corrected chi connectivity index (χ4v) is 29.1. The third-order valence-electron chi connectivity index (χ3n) is 4.70. The van der Waals surface area contributed by atoms with Crippen LogP contribution in [0, 0.1) is 0 Å². The Bertz CT molecular complexity index is 460. The van der Waals surface area contributed by atoms with Crippen LogP contribution in [0.5, 0.6) is 0 Å². The maximum Gasteiger partial charge on any atom is 0.314 e. The second kappa shape index (κ2) is 11.6. The minimum absolute atomic E-state index is 0.138. The molecule has 0 heterocycles. The van der Waals surface area contributed by atoms with Crippen LogP contribution in [-0.2, 0) is 17.4 Å². The predicted molar refractivity (Wildman–Crippen MR) is 134 cm³/mol. The number of ether oxygens (including phenoxy) is 1. The van der Waals surface area contributed by atoms with E-state index in [0.29, 0.717) is 6.23 Å². The second-order valence-electron chi connectivity index (χ2n) is 10.2. The Hall–Kier alpha value is 1.10. The normalized spacial score (nSPS) is 19.0. The molecule has 0 amide bonds. The molecule has 168 valence electrons. The van der Waals surface area contributed by atoms with Gasteiger partial charge in [-0.05, 0) is 77.1 Å². The van der Waals surface area contributed by atoms with E-state index in [4.69, 9.17) is 17.4 Å². The highest BCUT2D eigenvalue weighted by atomic mass is 28.5. The molecule has 0 spiro atoms. The topological polar surface area (TPSA) is 57.2 Å². The van der Waals surface area contributed by atoms with Crippen molar-refractivity contribution in [3.63, 3.8) is 0 Å². The number of hydrogen-bond donors (Lipinski definition) is 1. The number of rotatable bonds is 14. The van der Waals surface area contributed by atoms with Crippen LogP contribution in [0.1, 0.15) is 6.92 Å². The zero-order valence-electron chi connectivity index (χ0n) is 20.5. The summed E-state index contributed by atoms with van der Waals surface area (Å²) in [7, 11) is -8.21. The minimum atomic E-state index is -2.48. The first kappa shape index (κ1) is 29.1. The van der Waals surface area contributed by atoms with Gasteiger partial charge in [-0.3, -0.25) is 0 Å². The standard InChI is InChI=1S/C17H46O5Si6/c1-17(20-24(5)6)26(9,10)21-28(12,14-13-25(7,8)18)22-27(11,15-19-2)16-23(3)4/h17-18H,13-16H2,1-12H3. The summed E-state index contributed by atoms with van der Waals surface area (Å²) in [4.78, 5) is 10.5. The molecule has 0 rings (SSSR count). The van der Waals surface area contributed by atoms with Gasteiger partial charge in [0.05, 0.1) is 12.0 Å². The van der Waals surface area contributed by atoms with Gasteiger partial charge in [-0.1, -0.05) is 13.1 Å². The molecule has 11 heteroatoms. The SMILES string of the molecule is COC[Si](C)(C[Si](C)C)O[Si](C)(CC[Si](C)(C)O)O[Si](C)(C)C(C)O[Si](C)C. The molecule has 0 saturated carbocycles. The molecule has 3 atom stereocenters. The van der Waals surface area contributed by atoms with E-state index in [-0.39, 0.29) is 5.73 Å². The summed E-state index contributed by atoms with van der Waals surface area (Å²) in [6.45, 7) is 24.2. The van der Waals surface area contributed by atoms with E-state index in [1.807, 2.05) is 13.1 Å². The molecule has 0 fully saturated rings. The van der Waals surface area contributed by atoms with Crippen molar-refractivity contribution in [2.24, 2.45) is 0 Å². The van der Waals surface area contributed by atoms with Crippen LogP contribution in [0.15, 0.2) is 0 Å².